The summed E-state index contributed by atoms with van der Waals surface area (Å²) in [5.41, 5.74) is 3.81. The predicted molar refractivity (Wildman–Crippen MR) is 119 cm³/mol. The summed E-state index contributed by atoms with van der Waals surface area (Å²) in [6.45, 7) is 6.39. The van der Waals surface area contributed by atoms with E-state index in [9.17, 15) is 13.2 Å². The highest BCUT2D eigenvalue weighted by atomic mass is 32.2. The average Bonchev–Trinajstić information content (AvgIpc) is 3.21. The van der Waals surface area contributed by atoms with Crippen LogP contribution in [0.4, 0.5) is 0 Å². The largest absolute Gasteiger partial charge is 0.358 e. The summed E-state index contributed by atoms with van der Waals surface area (Å²) in [4.78, 5) is 21.2. The van der Waals surface area contributed by atoms with Gasteiger partial charge < -0.3 is 9.55 Å². The van der Waals surface area contributed by atoms with Crippen LogP contribution in [0.15, 0.2) is 52.5 Å². The number of aromatic amines is 1. The number of carbonyl (C=O) groups excluding carboxylic acids is 1. The number of primary sulfonamides is 1. The highest BCUT2D eigenvalue weighted by Gasteiger charge is 2.24. The van der Waals surface area contributed by atoms with Gasteiger partial charge in [0.05, 0.1) is 21.2 Å². The first-order valence-corrected chi connectivity index (χ1v) is 11.9. The Balaban J connectivity index is 1.71. The lowest BCUT2D eigenvalue weighted by Crippen LogP contribution is -2.15. The van der Waals surface area contributed by atoms with Crippen molar-refractivity contribution < 1.29 is 13.2 Å². The molecule has 1 atom stereocenters. The number of H-pyrrole nitrogens is 1. The standard InChI is InChI=1S/C21H22N4O3S2/c1-4-25-18-10-9-14(30(22,27)28)11-17(18)24-21(25)29-13(3)20(26)19-12(2)23-16-8-6-5-7-15(16)19/h5-11,13,23H,4H2,1-3H3,(H2,22,27,28)/t13-/m0/s1. The molecule has 3 N–H and O–H groups in total. The van der Waals surface area contributed by atoms with E-state index >= 15 is 0 Å². The number of hydrogen-bond acceptors (Lipinski definition) is 5. The van der Waals surface area contributed by atoms with E-state index in [4.69, 9.17) is 5.14 Å². The van der Waals surface area contributed by atoms with E-state index in [-0.39, 0.29) is 15.9 Å². The molecule has 9 heteroatoms. The Hall–Kier alpha value is -2.62. The van der Waals surface area contributed by atoms with Crippen molar-refractivity contribution in [1.82, 2.24) is 14.5 Å². The molecule has 2 aromatic heterocycles. The topological polar surface area (TPSA) is 111 Å². The summed E-state index contributed by atoms with van der Waals surface area (Å²) in [7, 11) is -3.81. The Morgan fingerprint density at radius 1 is 1.27 bits per heavy atom. The quantitative estimate of drug-likeness (QED) is 0.348. The molecule has 0 saturated carbocycles. The third-order valence-electron chi connectivity index (χ3n) is 5.12. The van der Waals surface area contributed by atoms with Gasteiger partial charge in [0, 0.05) is 28.7 Å². The zero-order valence-electron chi connectivity index (χ0n) is 16.8. The maximum absolute atomic E-state index is 13.3. The van der Waals surface area contributed by atoms with Gasteiger partial charge in [-0.3, -0.25) is 4.79 Å². The van der Waals surface area contributed by atoms with Crippen LogP contribution in [0.3, 0.4) is 0 Å². The van der Waals surface area contributed by atoms with Crippen molar-refractivity contribution in [3.63, 3.8) is 0 Å². The van der Waals surface area contributed by atoms with Gasteiger partial charge >= 0.3 is 0 Å². The van der Waals surface area contributed by atoms with Crippen molar-refractivity contribution in [3.05, 3.63) is 53.7 Å². The van der Waals surface area contributed by atoms with E-state index in [0.717, 1.165) is 22.1 Å². The first-order chi connectivity index (χ1) is 14.2. The highest BCUT2D eigenvalue weighted by Crippen LogP contribution is 2.32. The minimum atomic E-state index is -3.81. The number of sulfonamides is 1. The molecule has 0 aliphatic carbocycles. The van der Waals surface area contributed by atoms with Crippen LogP contribution < -0.4 is 5.14 Å². The summed E-state index contributed by atoms with van der Waals surface area (Å²) in [6.07, 6.45) is 0. The molecular weight excluding hydrogens is 420 g/mol. The van der Waals surface area contributed by atoms with Crippen molar-refractivity contribution in [1.29, 1.82) is 0 Å². The van der Waals surface area contributed by atoms with Crippen LogP contribution in [-0.2, 0) is 16.6 Å². The smallest absolute Gasteiger partial charge is 0.238 e. The molecule has 0 aliphatic rings. The van der Waals surface area contributed by atoms with Crippen LogP contribution in [-0.4, -0.2) is 34.0 Å². The summed E-state index contributed by atoms with van der Waals surface area (Å²) in [6, 6.07) is 12.4. The number of nitrogens with one attached hydrogen (secondary N) is 1. The number of benzene rings is 2. The van der Waals surface area contributed by atoms with Crippen LogP contribution in [0, 0.1) is 6.92 Å². The van der Waals surface area contributed by atoms with Crippen LogP contribution in [0.25, 0.3) is 21.9 Å². The number of fused-ring (bicyclic) bond motifs is 2. The molecule has 0 spiro atoms. The second-order valence-electron chi connectivity index (χ2n) is 7.13. The Kier molecular flexibility index (Phi) is 5.21. The molecule has 0 aliphatic heterocycles. The van der Waals surface area contributed by atoms with E-state index in [2.05, 4.69) is 9.97 Å². The van der Waals surface area contributed by atoms with Gasteiger partial charge in [0.2, 0.25) is 10.0 Å². The fourth-order valence-corrected chi connectivity index (χ4v) is 5.25. The van der Waals surface area contributed by atoms with E-state index in [1.54, 1.807) is 6.07 Å². The maximum Gasteiger partial charge on any atom is 0.238 e. The third kappa shape index (κ3) is 3.53. The molecule has 7 nitrogen and oxygen atoms in total. The SMILES string of the molecule is CCn1c(S[C@@H](C)C(=O)c2c(C)[nH]c3ccccc23)nc2cc(S(N)(=O)=O)ccc21. The fourth-order valence-electron chi connectivity index (χ4n) is 3.67. The molecule has 4 aromatic rings. The molecule has 4 rings (SSSR count). The molecule has 0 bridgehead atoms. The number of ketones is 1. The van der Waals surface area contributed by atoms with Gasteiger partial charge in [-0.05, 0) is 45.0 Å². The van der Waals surface area contributed by atoms with Gasteiger partial charge in [-0.15, -0.1) is 0 Å². The second kappa shape index (κ2) is 7.57. The number of para-hydroxylation sites is 1. The van der Waals surface area contributed by atoms with Gasteiger partial charge in [0.15, 0.2) is 10.9 Å². The summed E-state index contributed by atoms with van der Waals surface area (Å²) >= 11 is 1.37. The van der Waals surface area contributed by atoms with Crippen molar-refractivity contribution >= 4 is 49.5 Å². The van der Waals surface area contributed by atoms with Gasteiger partial charge in [-0.1, -0.05) is 30.0 Å². The minimum absolute atomic E-state index is 0.0193. The van der Waals surface area contributed by atoms with E-state index in [0.29, 0.717) is 22.8 Å². The Morgan fingerprint density at radius 3 is 2.70 bits per heavy atom. The molecule has 0 saturated heterocycles. The summed E-state index contributed by atoms with van der Waals surface area (Å²) in [5, 5.41) is 6.45. The zero-order chi connectivity index (χ0) is 21.6. The van der Waals surface area contributed by atoms with Crippen molar-refractivity contribution in [3.8, 4) is 0 Å². The monoisotopic (exact) mass is 442 g/mol. The van der Waals surface area contributed by atoms with Gasteiger partial charge in [-0.25, -0.2) is 18.5 Å². The molecule has 0 amide bonds. The predicted octanol–water partition coefficient (Wildman–Crippen LogP) is 3.86. The summed E-state index contributed by atoms with van der Waals surface area (Å²) < 4.78 is 25.3. The van der Waals surface area contributed by atoms with Crippen molar-refractivity contribution in [2.24, 2.45) is 5.14 Å². The number of aryl methyl sites for hydroxylation is 2. The Morgan fingerprint density at radius 2 is 2.00 bits per heavy atom. The lowest BCUT2D eigenvalue weighted by Gasteiger charge is -2.11. The number of rotatable bonds is 6. The number of carbonyl (C=O) groups is 1. The summed E-state index contributed by atoms with van der Waals surface area (Å²) in [5.74, 6) is 0.0230. The van der Waals surface area contributed by atoms with E-state index < -0.39 is 10.0 Å². The number of aromatic nitrogens is 3. The third-order valence-corrected chi connectivity index (χ3v) is 7.12. The molecule has 0 unspecified atom stereocenters. The fraction of sp³-hybridized carbons (Fsp3) is 0.238. The van der Waals surface area contributed by atoms with Gasteiger partial charge in [-0.2, -0.15) is 0 Å². The number of Topliss-reactive ketones (excluding diaryl/α,β-unsaturated/α-hetero) is 1. The normalized spacial score (nSPS) is 13.2. The number of nitrogens with zero attached hydrogens (tertiary/aromatic N) is 2. The molecule has 0 fully saturated rings. The molecule has 0 radical (unpaired) electrons. The molecule has 2 aromatic carbocycles. The number of imidazole rings is 1. The maximum atomic E-state index is 13.3. The van der Waals surface area contributed by atoms with Crippen LogP contribution in [0.2, 0.25) is 0 Å². The minimum Gasteiger partial charge on any atom is -0.358 e. The average molecular weight is 443 g/mol. The Bertz CT molecular complexity index is 1390. The van der Waals surface area contributed by atoms with E-state index in [1.165, 1.54) is 23.9 Å². The lowest BCUT2D eigenvalue weighted by molar-refractivity contribution is 0.0995. The molecule has 2 heterocycles. The van der Waals surface area contributed by atoms with Crippen LogP contribution >= 0.6 is 11.8 Å². The second-order valence-corrected chi connectivity index (χ2v) is 10.00. The first-order valence-electron chi connectivity index (χ1n) is 9.52. The van der Waals surface area contributed by atoms with E-state index in [1.807, 2.05) is 49.6 Å². The van der Waals surface area contributed by atoms with Crippen LogP contribution in [0.1, 0.15) is 29.9 Å². The lowest BCUT2D eigenvalue weighted by atomic mass is 10.1. The first kappa shape index (κ1) is 20.6. The number of nitrogens with two attached hydrogens (primary N) is 1. The van der Waals surface area contributed by atoms with Crippen molar-refractivity contribution in [2.75, 3.05) is 0 Å². The van der Waals surface area contributed by atoms with Gasteiger partial charge in [0.1, 0.15) is 0 Å². The Labute approximate surface area is 178 Å². The molecule has 30 heavy (non-hydrogen) atoms. The zero-order valence-corrected chi connectivity index (χ0v) is 18.5. The highest BCUT2D eigenvalue weighted by molar-refractivity contribution is 8.00. The molecule has 156 valence electrons. The molecular formula is C21H22N4O3S2. The van der Waals surface area contributed by atoms with Gasteiger partial charge in [0.25, 0.3) is 0 Å². The number of hydrogen-bond donors (Lipinski definition) is 2. The number of thioether (sulfide) groups is 1. The van der Waals surface area contributed by atoms with Crippen molar-refractivity contribution in [2.45, 2.75) is 42.6 Å². The van der Waals surface area contributed by atoms with Crippen LogP contribution in [0.5, 0.6) is 0 Å².